The van der Waals surface area contributed by atoms with Gasteiger partial charge in [-0.3, -0.25) is 0 Å². The van der Waals surface area contributed by atoms with Crippen LogP contribution in [0.15, 0.2) is 60.0 Å². The molecule has 0 saturated carbocycles. The van der Waals surface area contributed by atoms with Gasteiger partial charge in [-0.1, -0.05) is 38.1 Å². The van der Waals surface area contributed by atoms with E-state index < -0.39 is 0 Å². The van der Waals surface area contributed by atoms with E-state index in [-0.39, 0.29) is 17.9 Å². The zero-order valence-corrected chi connectivity index (χ0v) is 19.5. The second kappa shape index (κ2) is 11.9. The molecule has 2 amide bonds. The molecule has 1 fully saturated rings. The van der Waals surface area contributed by atoms with Crippen LogP contribution in [0.3, 0.4) is 0 Å². The van der Waals surface area contributed by atoms with Crippen LogP contribution >= 0.6 is 0 Å². The molecule has 1 saturated heterocycles. The molecule has 0 atom stereocenters. The third-order valence-electron chi connectivity index (χ3n) is 5.85. The van der Waals surface area contributed by atoms with Crippen LogP contribution in [0.1, 0.15) is 38.7 Å². The van der Waals surface area contributed by atoms with Gasteiger partial charge in [0.1, 0.15) is 11.6 Å². The number of piperidine rings is 1. The second-order valence-corrected chi connectivity index (χ2v) is 9.15. The van der Waals surface area contributed by atoms with E-state index in [0.717, 1.165) is 42.8 Å². The fraction of sp³-hybridized carbons (Fsp3) is 0.500. The normalized spacial score (nSPS) is 17.5. The van der Waals surface area contributed by atoms with Crippen molar-refractivity contribution < 1.29 is 13.9 Å². The number of carbonyl (C=O) groups excluding carboxylic acids is 1. The number of amides is 2. The minimum Gasteiger partial charge on any atom is -0.493 e. The molecule has 1 heterocycles. The Kier molecular flexibility index (Phi) is 8.91. The highest BCUT2D eigenvalue weighted by Gasteiger charge is 2.27. The summed E-state index contributed by atoms with van der Waals surface area (Å²) >= 11 is 0. The fourth-order valence-electron chi connectivity index (χ4n) is 3.90. The van der Waals surface area contributed by atoms with E-state index in [2.05, 4.69) is 31.1 Å². The van der Waals surface area contributed by atoms with Crippen molar-refractivity contribution in [2.75, 3.05) is 33.3 Å². The number of rotatable bonds is 8. The number of nitrogens with zero attached hydrogens (tertiary/aromatic N) is 2. The summed E-state index contributed by atoms with van der Waals surface area (Å²) in [7, 11) is 2.11. The third kappa shape index (κ3) is 7.52. The zero-order chi connectivity index (χ0) is 22.9. The van der Waals surface area contributed by atoms with Gasteiger partial charge >= 0.3 is 6.03 Å². The van der Waals surface area contributed by atoms with Gasteiger partial charge in [0.25, 0.3) is 0 Å². The maximum absolute atomic E-state index is 13.6. The first-order valence-corrected chi connectivity index (χ1v) is 11.6. The standard InChI is InChI=1S/C26H36FN3O2/c1-20(2)19-32-25-11-8-21(9-12-25)17-28-26(31)30(24-13-15-29(3)16-14-24)18-22-5-4-6-23(27)10-7-22/h4,6-12,20,24H,5,13-19H2,1-3H3,(H,28,31). The average molecular weight is 442 g/mol. The van der Waals surface area contributed by atoms with Crippen molar-refractivity contribution in [2.24, 2.45) is 5.92 Å². The van der Waals surface area contributed by atoms with Crippen molar-refractivity contribution in [3.8, 4) is 5.75 Å². The Balaban J connectivity index is 1.62. The number of hydrogen-bond donors (Lipinski definition) is 1. The molecule has 6 heteroatoms. The quantitative estimate of drug-likeness (QED) is 0.613. The minimum atomic E-state index is -0.254. The van der Waals surface area contributed by atoms with Gasteiger partial charge in [0, 0.05) is 19.1 Å². The number of carbonyl (C=O) groups is 1. The first kappa shape index (κ1) is 24.1. The summed E-state index contributed by atoms with van der Waals surface area (Å²) in [6.45, 7) is 7.84. The Bertz CT molecular complexity index is 837. The molecule has 1 aliphatic carbocycles. The third-order valence-corrected chi connectivity index (χ3v) is 5.85. The molecule has 1 aromatic rings. The number of nitrogens with one attached hydrogen (secondary N) is 1. The molecule has 1 aliphatic heterocycles. The number of halogens is 1. The van der Waals surface area contributed by atoms with Crippen LogP contribution in [0.25, 0.3) is 0 Å². The van der Waals surface area contributed by atoms with Crippen LogP contribution < -0.4 is 10.1 Å². The van der Waals surface area contributed by atoms with E-state index in [1.807, 2.05) is 35.2 Å². The minimum absolute atomic E-state index is 0.0711. The van der Waals surface area contributed by atoms with Crippen LogP contribution in [0.4, 0.5) is 9.18 Å². The summed E-state index contributed by atoms with van der Waals surface area (Å²) in [5.74, 6) is 1.07. The van der Waals surface area contributed by atoms with E-state index >= 15 is 0 Å². The van der Waals surface area contributed by atoms with Gasteiger partial charge in [0.15, 0.2) is 0 Å². The number of hydrogen-bond acceptors (Lipinski definition) is 3. The van der Waals surface area contributed by atoms with E-state index in [9.17, 15) is 9.18 Å². The van der Waals surface area contributed by atoms with Gasteiger partial charge in [-0.05, 0) is 80.7 Å². The maximum Gasteiger partial charge on any atom is 0.318 e. The molecule has 1 N–H and O–H groups in total. The highest BCUT2D eigenvalue weighted by Crippen LogP contribution is 2.21. The Labute approximate surface area is 191 Å². The lowest BCUT2D eigenvalue weighted by molar-refractivity contribution is 0.137. The van der Waals surface area contributed by atoms with E-state index in [1.165, 1.54) is 12.2 Å². The van der Waals surface area contributed by atoms with Crippen molar-refractivity contribution in [3.63, 3.8) is 0 Å². The summed E-state index contributed by atoms with van der Waals surface area (Å²) in [5.41, 5.74) is 2.06. The Morgan fingerprint density at radius 1 is 1.22 bits per heavy atom. The van der Waals surface area contributed by atoms with Crippen molar-refractivity contribution in [1.29, 1.82) is 0 Å². The monoisotopic (exact) mass is 441 g/mol. The van der Waals surface area contributed by atoms with E-state index in [0.29, 0.717) is 32.0 Å². The number of urea groups is 1. The molecule has 2 aliphatic rings. The highest BCUT2D eigenvalue weighted by atomic mass is 19.1. The lowest BCUT2D eigenvalue weighted by atomic mass is 10.0. The van der Waals surface area contributed by atoms with Gasteiger partial charge in [0.2, 0.25) is 0 Å². The highest BCUT2D eigenvalue weighted by molar-refractivity contribution is 5.75. The molecule has 0 spiro atoms. The van der Waals surface area contributed by atoms with Crippen molar-refractivity contribution in [1.82, 2.24) is 15.1 Å². The van der Waals surface area contributed by atoms with Crippen molar-refractivity contribution in [3.05, 3.63) is 65.5 Å². The molecule has 174 valence electrons. The molecular formula is C26H36FN3O2. The molecule has 0 bridgehead atoms. The summed E-state index contributed by atoms with van der Waals surface area (Å²) in [6, 6.07) is 7.98. The predicted octanol–water partition coefficient (Wildman–Crippen LogP) is 5.07. The first-order chi connectivity index (χ1) is 15.4. The van der Waals surface area contributed by atoms with E-state index in [4.69, 9.17) is 4.74 Å². The van der Waals surface area contributed by atoms with Crippen LogP contribution in [0, 0.1) is 5.92 Å². The number of benzene rings is 1. The molecule has 1 aromatic carbocycles. The summed E-state index contributed by atoms with van der Waals surface area (Å²) in [4.78, 5) is 17.4. The van der Waals surface area contributed by atoms with Crippen LogP contribution in [0.5, 0.6) is 5.75 Å². The van der Waals surface area contributed by atoms with Crippen molar-refractivity contribution >= 4 is 6.03 Å². The molecule has 5 nitrogen and oxygen atoms in total. The maximum atomic E-state index is 13.6. The molecule has 0 aromatic heterocycles. The van der Waals surface area contributed by atoms with Crippen LogP contribution in [-0.4, -0.2) is 55.2 Å². The SMILES string of the molecule is CC(C)COc1ccc(CNC(=O)N(CC2=CC=C(F)C=CC2)C2CCN(C)CC2)cc1. The predicted molar refractivity (Wildman–Crippen MR) is 127 cm³/mol. The van der Waals surface area contributed by atoms with Gasteiger partial charge in [-0.2, -0.15) is 0 Å². The van der Waals surface area contributed by atoms with Crippen LogP contribution in [-0.2, 0) is 6.54 Å². The topological polar surface area (TPSA) is 44.8 Å². The van der Waals surface area contributed by atoms with Gasteiger partial charge < -0.3 is 19.9 Å². The molecule has 0 radical (unpaired) electrons. The van der Waals surface area contributed by atoms with Gasteiger partial charge in [0.05, 0.1) is 6.61 Å². The lowest BCUT2D eigenvalue weighted by Crippen LogP contribution is -2.50. The number of likely N-dealkylation sites (tertiary alicyclic amines) is 1. The molecule has 0 unspecified atom stereocenters. The largest absolute Gasteiger partial charge is 0.493 e. The van der Waals surface area contributed by atoms with Crippen molar-refractivity contribution in [2.45, 2.75) is 45.7 Å². The summed E-state index contributed by atoms with van der Waals surface area (Å²) < 4.78 is 19.3. The fourth-order valence-corrected chi connectivity index (χ4v) is 3.90. The smallest absolute Gasteiger partial charge is 0.318 e. The first-order valence-electron chi connectivity index (χ1n) is 11.6. The Hall–Kier alpha value is -2.60. The molecular weight excluding hydrogens is 405 g/mol. The van der Waals surface area contributed by atoms with E-state index in [1.54, 1.807) is 6.08 Å². The van der Waals surface area contributed by atoms with Gasteiger partial charge in [-0.15, -0.1) is 0 Å². The average Bonchev–Trinajstić information content (AvgIpc) is 2.99. The number of allylic oxidation sites excluding steroid dienone is 5. The molecule has 3 rings (SSSR count). The van der Waals surface area contributed by atoms with Crippen LogP contribution in [0.2, 0.25) is 0 Å². The lowest BCUT2D eigenvalue weighted by Gasteiger charge is -2.37. The second-order valence-electron chi connectivity index (χ2n) is 9.15. The Morgan fingerprint density at radius 2 is 1.94 bits per heavy atom. The summed E-state index contributed by atoms with van der Waals surface area (Å²) in [6.07, 6.45) is 9.12. The van der Waals surface area contributed by atoms with Gasteiger partial charge in [-0.25, -0.2) is 9.18 Å². The zero-order valence-electron chi connectivity index (χ0n) is 19.5. The molecule has 32 heavy (non-hydrogen) atoms. The number of ether oxygens (including phenoxy) is 1. The summed E-state index contributed by atoms with van der Waals surface area (Å²) in [5, 5.41) is 3.09. The Morgan fingerprint density at radius 3 is 2.62 bits per heavy atom.